The summed E-state index contributed by atoms with van der Waals surface area (Å²) in [5, 5.41) is 6.42. The summed E-state index contributed by atoms with van der Waals surface area (Å²) in [4.78, 5) is 16.0. The lowest BCUT2D eigenvalue weighted by Gasteiger charge is -2.04. The molecule has 16 heavy (non-hydrogen) atoms. The van der Waals surface area contributed by atoms with Gasteiger partial charge in [-0.3, -0.25) is 4.79 Å². The molecular formula is C11H9BrN2OS. The number of halogens is 1. The molecule has 0 fully saturated rings. The second-order valence-corrected chi connectivity index (χ2v) is 4.86. The Morgan fingerprint density at radius 3 is 2.88 bits per heavy atom. The summed E-state index contributed by atoms with van der Waals surface area (Å²) in [5.41, 5.74) is 1.51. The van der Waals surface area contributed by atoms with Gasteiger partial charge in [-0.1, -0.05) is 0 Å². The molecule has 0 atom stereocenters. The highest BCUT2D eigenvalue weighted by atomic mass is 79.9. The van der Waals surface area contributed by atoms with Crippen molar-refractivity contribution >= 4 is 39.0 Å². The number of hydrogen-bond donors (Lipinski definition) is 1. The Kier molecular flexibility index (Phi) is 3.36. The number of nitrogens with one attached hydrogen (secondary N) is 1. The molecule has 0 saturated heterocycles. The fourth-order valence-corrected chi connectivity index (χ4v) is 2.05. The van der Waals surface area contributed by atoms with E-state index in [1.165, 1.54) is 11.3 Å². The number of anilines is 1. The van der Waals surface area contributed by atoms with Gasteiger partial charge in [-0.25, -0.2) is 4.98 Å². The zero-order chi connectivity index (χ0) is 11.5. The molecular weight excluding hydrogens is 288 g/mol. The summed E-state index contributed by atoms with van der Waals surface area (Å²) in [6.45, 7) is 1.88. The lowest BCUT2D eigenvalue weighted by Crippen LogP contribution is -2.12. The maximum atomic E-state index is 11.7. The van der Waals surface area contributed by atoms with Crippen LogP contribution in [0.15, 0.2) is 33.4 Å². The minimum absolute atomic E-state index is 0.129. The predicted octanol–water partition coefficient (Wildman–Crippen LogP) is 3.47. The van der Waals surface area contributed by atoms with Crippen LogP contribution in [-0.2, 0) is 0 Å². The molecule has 0 radical (unpaired) electrons. The molecule has 2 aromatic heterocycles. The van der Waals surface area contributed by atoms with Gasteiger partial charge in [0.1, 0.15) is 5.82 Å². The monoisotopic (exact) mass is 296 g/mol. The van der Waals surface area contributed by atoms with E-state index < -0.39 is 0 Å². The second-order valence-electron chi connectivity index (χ2n) is 3.23. The zero-order valence-corrected chi connectivity index (χ0v) is 10.9. The molecule has 0 saturated carbocycles. The Hall–Kier alpha value is -1.20. The van der Waals surface area contributed by atoms with Crippen molar-refractivity contribution in [2.45, 2.75) is 6.92 Å². The summed E-state index contributed by atoms with van der Waals surface area (Å²) >= 11 is 4.86. The van der Waals surface area contributed by atoms with Crippen LogP contribution in [0.25, 0.3) is 0 Å². The average molecular weight is 297 g/mol. The van der Waals surface area contributed by atoms with Gasteiger partial charge in [-0.05, 0) is 46.4 Å². The molecule has 0 aliphatic carbocycles. The summed E-state index contributed by atoms with van der Waals surface area (Å²) in [6.07, 6.45) is 0. The van der Waals surface area contributed by atoms with Crippen LogP contribution < -0.4 is 5.32 Å². The summed E-state index contributed by atoms with van der Waals surface area (Å²) in [5.74, 6) is 0.437. The zero-order valence-electron chi connectivity index (χ0n) is 8.53. The van der Waals surface area contributed by atoms with Gasteiger partial charge >= 0.3 is 0 Å². The van der Waals surface area contributed by atoms with Crippen LogP contribution in [0, 0.1) is 6.92 Å². The molecule has 1 N–H and O–H groups in total. The van der Waals surface area contributed by atoms with Crippen LogP contribution in [-0.4, -0.2) is 10.9 Å². The molecule has 0 unspecified atom stereocenters. The van der Waals surface area contributed by atoms with E-state index in [1.54, 1.807) is 17.5 Å². The normalized spacial score (nSPS) is 10.1. The highest BCUT2D eigenvalue weighted by molar-refractivity contribution is 9.10. The van der Waals surface area contributed by atoms with Gasteiger partial charge in [-0.2, -0.15) is 11.3 Å². The van der Waals surface area contributed by atoms with Gasteiger partial charge in [0.25, 0.3) is 5.91 Å². The molecule has 0 aromatic carbocycles. The maximum absolute atomic E-state index is 11.7. The molecule has 3 nitrogen and oxygen atoms in total. The fraction of sp³-hybridized carbons (Fsp3) is 0.0909. The quantitative estimate of drug-likeness (QED) is 0.922. The van der Waals surface area contributed by atoms with Gasteiger partial charge in [0.05, 0.1) is 11.3 Å². The maximum Gasteiger partial charge on any atom is 0.257 e. The highest BCUT2D eigenvalue weighted by Crippen LogP contribution is 2.17. The predicted molar refractivity (Wildman–Crippen MR) is 68.9 cm³/mol. The van der Waals surface area contributed by atoms with Crippen LogP contribution >= 0.6 is 27.3 Å². The van der Waals surface area contributed by atoms with Crippen molar-refractivity contribution in [1.29, 1.82) is 0 Å². The van der Waals surface area contributed by atoms with Crippen LogP contribution in [0.5, 0.6) is 0 Å². The first-order valence-corrected chi connectivity index (χ1v) is 6.37. The lowest BCUT2D eigenvalue weighted by atomic mass is 10.3. The number of rotatable bonds is 2. The van der Waals surface area contributed by atoms with E-state index in [2.05, 4.69) is 26.2 Å². The van der Waals surface area contributed by atoms with Gasteiger partial charge in [0.2, 0.25) is 0 Å². The Balaban J connectivity index is 2.15. The molecule has 0 bridgehead atoms. The molecule has 5 heteroatoms. The minimum atomic E-state index is -0.129. The topological polar surface area (TPSA) is 42.0 Å². The van der Waals surface area contributed by atoms with E-state index in [9.17, 15) is 4.79 Å². The number of thiophene rings is 1. The van der Waals surface area contributed by atoms with Crippen LogP contribution in [0.4, 0.5) is 5.82 Å². The van der Waals surface area contributed by atoms with Crippen molar-refractivity contribution in [2.75, 3.05) is 5.32 Å². The van der Waals surface area contributed by atoms with Crippen molar-refractivity contribution in [2.24, 2.45) is 0 Å². The molecule has 1 amide bonds. The first kappa shape index (κ1) is 11.3. The highest BCUT2D eigenvalue weighted by Gasteiger charge is 2.07. The molecule has 0 spiro atoms. The van der Waals surface area contributed by atoms with Crippen LogP contribution in [0.3, 0.4) is 0 Å². The molecule has 2 aromatic rings. The van der Waals surface area contributed by atoms with E-state index in [1.807, 2.05) is 18.4 Å². The van der Waals surface area contributed by atoms with Crippen molar-refractivity contribution in [3.8, 4) is 0 Å². The average Bonchev–Trinajstić information content (AvgIpc) is 2.77. The molecule has 0 aliphatic rings. The van der Waals surface area contributed by atoms with Gasteiger partial charge < -0.3 is 5.32 Å². The summed E-state index contributed by atoms with van der Waals surface area (Å²) < 4.78 is 0.932. The first-order chi connectivity index (χ1) is 7.66. The largest absolute Gasteiger partial charge is 0.307 e. The van der Waals surface area contributed by atoms with Crippen LogP contribution in [0.2, 0.25) is 0 Å². The third-order valence-electron chi connectivity index (χ3n) is 2.05. The van der Waals surface area contributed by atoms with Gasteiger partial charge in [-0.15, -0.1) is 0 Å². The van der Waals surface area contributed by atoms with Crippen molar-refractivity contribution < 1.29 is 4.79 Å². The number of aryl methyl sites for hydroxylation is 1. The number of carbonyl (C=O) groups excluding carboxylic acids is 1. The Morgan fingerprint density at radius 1 is 1.44 bits per heavy atom. The van der Waals surface area contributed by atoms with E-state index in [4.69, 9.17) is 0 Å². The Bertz CT molecular complexity index is 511. The lowest BCUT2D eigenvalue weighted by molar-refractivity contribution is 0.102. The number of nitrogens with zero attached hydrogens (tertiary/aromatic N) is 1. The number of aromatic nitrogens is 1. The number of amides is 1. The van der Waals surface area contributed by atoms with Gasteiger partial charge in [0.15, 0.2) is 0 Å². The van der Waals surface area contributed by atoms with Gasteiger partial charge in [0, 0.05) is 9.85 Å². The molecule has 82 valence electrons. The standard InChI is InChI=1S/C11H9BrN2OS/c1-7-9(12)2-3-10(13-7)14-11(15)8-4-5-16-6-8/h2-6H,1H3,(H,13,14,15). The molecule has 2 rings (SSSR count). The Labute approximate surface area is 106 Å². The van der Waals surface area contributed by atoms with E-state index in [-0.39, 0.29) is 5.91 Å². The minimum Gasteiger partial charge on any atom is -0.307 e. The summed E-state index contributed by atoms with van der Waals surface area (Å²) in [6, 6.07) is 5.42. The third-order valence-corrected chi connectivity index (χ3v) is 3.57. The number of carbonyl (C=O) groups is 1. The van der Waals surface area contributed by atoms with Crippen molar-refractivity contribution in [3.05, 3.63) is 44.7 Å². The molecule has 2 heterocycles. The first-order valence-electron chi connectivity index (χ1n) is 4.63. The smallest absolute Gasteiger partial charge is 0.257 e. The number of pyridine rings is 1. The molecule has 0 aliphatic heterocycles. The Morgan fingerprint density at radius 2 is 2.25 bits per heavy atom. The SMILES string of the molecule is Cc1nc(NC(=O)c2ccsc2)ccc1Br. The van der Waals surface area contributed by atoms with Crippen LogP contribution in [0.1, 0.15) is 16.1 Å². The van der Waals surface area contributed by atoms with E-state index in [0.29, 0.717) is 11.4 Å². The summed E-state index contributed by atoms with van der Waals surface area (Å²) in [7, 11) is 0. The third kappa shape index (κ3) is 2.48. The number of hydrogen-bond acceptors (Lipinski definition) is 3. The van der Waals surface area contributed by atoms with E-state index in [0.717, 1.165) is 10.2 Å². The van der Waals surface area contributed by atoms with E-state index >= 15 is 0 Å². The van der Waals surface area contributed by atoms with Crippen molar-refractivity contribution in [3.63, 3.8) is 0 Å². The second kappa shape index (κ2) is 4.76. The van der Waals surface area contributed by atoms with Crippen molar-refractivity contribution in [1.82, 2.24) is 4.98 Å². The fourth-order valence-electron chi connectivity index (χ4n) is 1.20.